The number of rotatable bonds is 5. The van der Waals surface area contributed by atoms with E-state index in [1.165, 1.54) is 6.20 Å². The van der Waals surface area contributed by atoms with Crippen LogP contribution in [0.4, 0.5) is 20.4 Å². The number of aryl methyl sites for hydroxylation is 1. The van der Waals surface area contributed by atoms with Crippen molar-refractivity contribution in [2.45, 2.75) is 26.3 Å². The van der Waals surface area contributed by atoms with Gasteiger partial charge in [-0.3, -0.25) is 14.6 Å². The minimum absolute atomic E-state index is 0.0216. The molecule has 0 aliphatic carbocycles. The lowest BCUT2D eigenvalue weighted by Crippen LogP contribution is -2.37. The Morgan fingerprint density at radius 3 is 2.60 bits per heavy atom. The maximum Gasteiger partial charge on any atom is 0.264 e. The molecule has 3 aromatic heterocycles. The second kappa shape index (κ2) is 7.71. The number of fused-ring (bicyclic) bond motifs is 1. The van der Waals surface area contributed by atoms with Gasteiger partial charge in [0.25, 0.3) is 12.0 Å². The molecule has 0 saturated carbocycles. The summed E-state index contributed by atoms with van der Waals surface area (Å²) < 4.78 is 35.9. The first-order chi connectivity index (χ1) is 14.3. The quantitative estimate of drug-likeness (QED) is 0.653. The summed E-state index contributed by atoms with van der Waals surface area (Å²) in [4.78, 5) is 15.1. The lowest BCUT2D eigenvalue weighted by molar-refractivity contribution is 0.0573. The summed E-state index contributed by atoms with van der Waals surface area (Å²) in [6, 6.07) is 0.580. The molecule has 0 bridgehead atoms. The van der Waals surface area contributed by atoms with Crippen molar-refractivity contribution in [2.24, 2.45) is 13.0 Å². The number of ether oxygens (including phenoxy) is 1. The summed E-state index contributed by atoms with van der Waals surface area (Å²) in [5, 5.41) is 11.4. The molecular weight excluding hydrogens is 396 g/mol. The zero-order valence-corrected chi connectivity index (χ0v) is 17.1. The lowest BCUT2D eigenvalue weighted by atomic mass is 10.0. The van der Waals surface area contributed by atoms with Crippen LogP contribution in [-0.2, 0) is 11.8 Å². The number of nitrogens with one attached hydrogen (secondary N) is 1. The molecule has 0 radical (unpaired) electrons. The van der Waals surface area contributed by atoms with Crippen molar-refractivity contribution >= 4 is 22.5 Å². The van der Waals surface area contributed by atoms with E-state index in [9.17, 15) is 13.6 Å². The molecule has 1 saturated heterocycles. The molecule has 3 N–H and O–H groups in total. The fraction of sp³-hybridized carbons (Fsp3) is 0.526. The predicted octanol–water partition coefficient (Wildman–Crippen LogP) is 2.01. The van der Waals surface area contributed by atoms with Crippen molar-refractivity contribution in [1.29, 1.82) is 0 Å². The van der Waals surface area contributed by atoms with E-state index in [2.05, 4.69) is 20.2 Å². The highest BCUT2D eigenvalue weighted by Gasteiger charge is 2.30. The van der Waals surface area contributed by atoms with E-state index in [0.29, 0.717) is 30.0 Å². The number of anilines is 2. The van der Waals surface area contributed by atoms with E-state index >= 15 is 0 Å². The number of hydrogen-bond donors (Lipinski definition) is 2. The van der Waals surface area contributed by atoms with Crippen LogP contribution in [0.15, 0.2) is 17.1 Å². The molecule has 4 heterocycles. The maximum absolute atomic E-state index is 13.8. The smallest absolute Gasteiger partial charge is 0.264 e. The van der Waals surface area contributed by atoms with Gasteiger partial charge >= 0.3 is 0 Å². The molecule has 4 rings (SSSR count). The monoisotopic (exact) mass is 421 g/mol. The van der Waals surface area contributed by atoms with Crippen LogP contribution in [0.1, 0.15) is 19.9 Å². The summed E-state index contributed by atoms with van der Waals surface area (Å²) >= 11 is 0. The number of nitrogen functional groups attached to an aromatic ring is 1. The van der Waals surface area contributed by atoms with Gasteiger partial charge in [-0.15, -0.1) is 0 Å². The van der Waals surface area contributed by atoms with Gasteiger partial charge in [-0.25, -0.2) is 8.78 Å². The number of aromatic nitrogens is 5. The molecule has 1 aliphatic rings. The summed E-state index contributed by atoms with van der Waals surface area (Å²) in [6.07, 6.45) is -1.28. The van der Waals surface area contributed by atoms with Crippen LogP contribution in [-0.4, -0.2) is 57.3 Å². The van der Waals surface area contributed by atoms with Crippen molar-refractivity contribution in [3.05, 3.63) is 22.6 Å². The third-order valence-corrected chi connectivity index (χ3v) is 5.51. The lowest BCUT2D eigenvalue weighted by Gasteiger charge is -2.28. The van der Waals surface area contributed by atoms with Crippen molar-refractivity contribution < 1.29 is 13.5 Å². The van der Waals surface area contributed by atoms with Crippen LogP contribution >= 0.6 is 0 Å². The van der Waals surface area contributed by atoms with Gasteiger partial charge in [-0.1, -0.05) is 13.8 Å². The SMILES string of the molecule is CC(C)C(C(F)F)n1cc(-c2cc(N3CCOCC3)n(C)n2)c2[nH]nc(N)c2c1=O. The van der Waals surface area contributed by atoms with E-state index in [0.717, 1.165) is 23.5 Å². The molecular formula is C19H25F2N7O2. The van der Waals surface area contributed by atoms with E-state index < -0.39 is 23.9 Å². The maximum atomic E-state index is 13.8. The van der Waals surface area contributed by atoms with Gasteiger partial charge in [-0.05, 0) is 5.92 Å². The molecule has 1 aliphatic heterocycles. The second-order valence-corrected chi connectivity index (χ2v) is 7.79. The Bertz CT molecular complexity index is 1100. The fourth-order valence-electron chi connectivity index (χ4n) is 3.99. The highest BCUT2D eigenvalue weighted by atomic mass is 19.3. The van der Waals surface area contributed by atoms with Crippen LogP contribution in [0.3, 0.4) is 0 Å². The number of halogens is 2. The van der Waals surface area contributed by atoms with Gasteiger partial charge in [0.05, 0.1) is 30.5 Å². The second-order valence-electron chi connectivity index (χ2n) is 7.79. The Hall–Kier alpha value is -2.95. The molecule has 0 aromatic carbocycles. The first-order valence-electron chi connectivity index (χ1n) is 9.83. The third kappa shape index (κ3) is 3.32. The molecule has 30 heavy (non-hydrogen) atoms. The molecule has 3 aromatic rings. The molecule has 162 valence electrons. The van der Waals surface area contributed by atoms with Crippen molar-refractivity contribution in [1.82, 2.24) is 24.5 Å². The van der Waals surface area contributed by atoms with Crippen LogP contribution in [0.2, 0.25) is 0 Å². The molecule has 11 heteroatoms. The Labute approximate surface area is 171 Å². The van der Waals surface area contributed by atoms with Crippen molar-refractivity contribution in [3.63, 3.8) is 0 Å². The van der Waals surface area contributed by atoms with E-state index in [4.69, 9.17) is 10.5 Å². The Morgan fingerprint density at radius 1 is 1.27 bits per heavy atom. The average molecular weight is 421 g/mol. The largest absolute Gasteiger partial charge is 0.382 e. The fourth-order valence-corrected chi connectivity index (χ4v) is 3.99. The topological polar surface area (TPSA) is 107 Å². The van der Waals surface area contributed by atoms with Crippen LogP contribution in [0, 0.1) is 5.92 Å². The van der Waals surface area contributed by atoms with Gasteiger partial charge in [0.1, 0.15) is 11.2 Å². The highest BCUT2D eigenvalue weighted by Crippen LogP contribution is 2.32. The van der Waals surface area contributed by atoms with E-state index in [-0.39, 0.29) is 11.2 Å². The third-order valence-electron chi connectivity index (χ3n) is 5.51. The first-order valence-corrected chi connectivity index (χ1v) is 9.83. The number of alkyl halides is 2. The number of H-pyrrole nitrogens is 1. The summed E-state index contributed by atoms with van der Waals surface area (Å²) in [7, 11) is 1.82. The molecule has 1 unspecified atom stereocenters. The number of pyridine rings is 1. The summed E-state index contributed by atoms with van der Waals surface area (Å²) in [5.74, 6) is 0.390. The minimum atomic E-state index is -2.71. The first kappa shape index (κ1) is 20.3. The standard InChI is InChI=1S/C19H25F2N7O2/c1-10(2)16(17(20)21)28-9-11(15-14(19(28)29)18(22)24-23-15)12-8-13(26(3)25-12)27-4-6-30-7-5-27/h8-10,16-17H,4-7H2,1-3H3,(H3,22,23,24). The zero-order chi connectivity index (χ0) is 21.6. The van der Waals surface area contributed by atoms with Crippen LogP contribution in [0.25, 0.3) is 22.2 Å². The number of nitrogens with two attached hydrogens (primary N) is 1. The van der Waals surface area contributed by atoms with Crippen molar-refractivity contribution in [2.75, 3.05) is 36.9 Å². The Balaban J connectivity index is 1.91. The average Bonchev–Trinajstić information content (AvgIpc) is 3.27. The Morgan fingerprint density at radius 2 is 1.97 bits per heavy atom. The van der Waals surface area contributed by atoms with Gasteiger partial charge in [0.15, 0.2) is 5.82 Å². The summed E-state index contributed by atoms with van der Waals surface area (Å²) in [5.41, 5.74) is 6.73. The van der Waals surface area contributed by atoms with Gasteiger partial charge < -0.3 is 19.9 Å². The molecule has 0 amide bonds. The van der Waals surface area contributed by atoms with Crippen LogP contribution < -0.4 is 16.2 Å². The van der Waals surface area contributed by atoms with Gasteiger partial charge in [-0.2, -0.15) is 10.2 Å². The predicted molar refractivity (Wildman–Crippen MR) is 110 cm³/mol. The van der Waals surface area contributed by atoms with E-state index in [1.54, 1.807) is 18.5 Å². The number of aromatic amines is 1. The number of morpholine rings is 1. The van der Waals surface area contributed by atoms with Crippen molar-refractivity contribution in [3.8, 4) is 11.3 Å². The van der Waals surface area contributed by atoms with Gasteiger partial charge in [0.2, 0.25) is 0 Å². The molecule has 1 atom stereocenters. The molecule has 9 nitrogen and oxygen atoms in total. The molecule has 0 spiro atoms. The summed E-state index contributed by atoms with van der Waals surface area (Å²) in [6.45, 7) is 6.01. The highest BCUT2D eigenvalue weighted by molar-refractivity contribution is 5.97. The number of hydrogen-bond acceptors (Lipinski definition) is 6. The normalized spacial score (nSPS) is 16.2. The zero-order valence-electron chi connectivity index (χ0n) is 17.1. The molecule has 1 fully saturated rings. The van der Waals surface area contributed by atoms with Gasteiger partial charge in [0, 0.05) is 38.0 Å². The Kier molecular flexibility index (Phi) is 5.22. The van der Waals surface area contributed by atoms with Crippen LogP contribution in [0.5, 0.6) is 0 Å². The number of nitrogens with zero attached hydrogens (tertiary/aromatic N) is 5. The minimum Gasteiger partial charge on any atom is -0.382 e. The van der Waals surface area contributed by atoms with E-state index in [1.807, 2.05) is 13.1 Å².